The summed E-state index contributed by atoms with van der Waals surface area (Å²) in [5.74, 6) is 6.71. The number of hydrazine groups is 1. The number of carbonyl (C=O) groups excluding carboxylic acids is 2. The molecule has 0 saturated carbocycles. The molecular weight excluding hydrogens is 444 g/mol. The zero-order chi connectivity index (χ0) is 25.0. The maximum atomic E-state index is 14.4. The second kappa shape index (κ2) is 9.95. The van der Waals surface area contributed by atoms with Gasteiger partial charge in [0, 0.05) is 18.7 Å². The molecule has 3 aromatic rings. The zero-order valence-corrected chi connectivity index (χ0v) is 19.1. The van der Waals surface area contributed by atoms with Crippen LogP contribution in [-0.4, -0.2) is 34.4 Å². The number of carbonyl (C=O) groups is 2. The van der Waals surface area contributed by atoms with Crippen LogP contribution in [0.2, 0.25) is 0 Å². The summed E-state index contributed by atoms with van der Waals surface area (Å²) in [6.45, 7) is 0.330. The van der Waals surface area contributed by atoms with E-state index < -0.39 is 23.8 Å². The predicted molar refractivity (Wildman–Crippen MR) is 132 cm³/mol. The number of carboxylic acids is 1. The number of anilines is 1. The Kier molecular flexibility index (Phi) is 6.80. The number of aliphatic carboxylic acids is 1. The van der Waals surface area contributed by atoms with E-state index in [1.54, 1.807) is 48.5 Å². The Hall–Kier alpha value is -4.23. The Morgan fingerprint density at radius 2 is 1.66 bits per heavy atom. The third-order valence-corrected chi connectivity index (χ3v) is 6.31. The van der Waals surface area contributed by atoms with Gasteiger partial charge in [-0.1, -0.05) is 66.7 Å². The van der Waals surface area contributed by atoms with Crippen LogP contribution in [-0.2, 0) is 32.9 Å². The molecule has 4 rings (SSSR count). The second-order valence-corrected chi connectivity index (χ2v) is 8.37. The maximum Gasteiger partial charge on any atom is 0.306 e. The Morgan fingerprint density at radius 1 is 0.971 bits per heavy atom. The van der Waals surface area contributed by atoms with E-state index in [1.807, 2.05) is 36.3 Å². The Morgan fingerprint density at radius 3 is 2.34 bits per heavy atom. The van der Waals surface area contributed by atoms with Crippen molar-refractivity contribution in [2.24, 2.45) is 11.6 Å². The molecule has 5 N–H and O–H groups in total. The lowest BCUT2D eigenvalue weighted by molar-refractivity contribution is -0.144. The summed E-state index contributed by atoms with van der Waals surface area (Å²) in [6, 6.07) is 23.1. The van der Waals surface area contributed by atoms with Crippen molar-refractivity contribution >= 4 is 29.2 Å². The number of rotatable bonds is 7. The fourth-order valence-electron chi connectivity index (χ4n) is 4.57. The minimum atomic E-state index is -1.83. The number of hydrogen-bond acceptors (Lipinski definition) is 6. The van der Waals surface area contributed by atoms with Gasteiger partial charge in [-0.3, -0.25) is 19.5 Å². The second-order valence-electron chi connectivity index (χ2n) is 8.37. The van der Waals surface area contributed by atoms with E-state index >= 15 is 0 Å². The van der Waals surface area contributed by atoms with E-state index in [0.29, 0.717) is 28.8 Å². The first kappa shape index (κ1) is 23.9. The highest BCUT2D eigenvalue weighted by molar-refractivity contribution is 6.07. The summed E-state index contributed by atoms with van der Waals surface area (Å²) >= 11 is 0. The third-order valence-electron chi connectivity index (χ3n) is 6.31. The number of para-hydroxylation sites is 1. The van der Waals surface area contributed by atoms with E-state index in [-0.39, 0.29) is 18.8 Å². The highest BCUT2D eigenvalue weighted by Crippen LogP contribution is 2.43. The lowest BCUT2D eigenvalue weighted by atomic mass is 9.83. The fraction of sp³-hybridized carbons (Fsp3) is 0.185. The van der Waals surface area contributed by atoms with Gasteiger partial charge in [-0.25, -0.2) is 10.6 Å². The summed E-state index contributed by atoms with van der Waals surface area (Å²) in [5.41, 5.74) is 6.82. The topological polar surface area (TPSA) is 130 Å². The van der Waals surface area contributed by atoms with Gasteiger partial charge in [0.1, 0.15) is 5.70 Å². The van der Waals surface area contributed by atoms with Crippen molar-refractivity contribution in [2.75, 3.05) is 11.6 Å². The molecule has 1 unspecified atom stereocenters. The number of fused-ring (bicyclic) bond motifs is 1. The van der Waals surface area contributed by atoms with Crippen LogP contribution in [0.1, 0.15) is 28.7 Å². The third kappa shape index (κ3) is 4.34. The fourth-order valence-corrected chi connectivity index (χ4v) is 4.57. The normalized spacial score (nSPS) is 17.5. The van der Waals surface area contributed by atoms with Crippen LogP contribution < -0.4 is 16.6 Å². The Labute approximate surface area is 203 Å². The largest absolute Gasteiger partial charge is 0.481 e. The maximum absolute atomic E-state index is 14.4. The molecular formula is C27H26N4O4. The molecule has 8 heteroatoms. The summed E-state index contributed by atoms with van der Waals surface area (Å²) in [6.07, 6.45) is -0.185. The zero-order valence-electron chi connectivity index (χ0n) is 19.1. The first-order valence-electron chi connectivity index (χ1n) is 11.2. The number of nitrogens with zero attached hydrogens (tertiary/aromatic N) is 2. The molecule has 3 aromatic carbocycles. The Balaban J connectivity index is 1.96. The molecule has 1 atom stereocenters. The van der Waals surface area contributed by atoms with Crippen molar-refractivity contribution in [3.05, 3.63) is 101 Å². The van der Waals surface area contributed by atoms with Crippen LogP contribution in [0, 0.1) is 0 Å². The first-order chi connectivity index (χ1) is 16.9. The van der Waals surface area contributed by atoms with E-state index in [4.69, 9.17) is 11.6 Å². The molecule has 8 nitrogen and oxygen atoms in total. The molecule has 0 bridgehead atoms. The molecule has 0 spiro atoms. The highest BCUT2D eigenvalue weighted by atomic mass is 16.4. The average Bonchev–Trinajstić information content (AvgIpc) is 2.95. The minimum Gasteiger partial charge on any atom is -0.481 e. The van der Waals surface area contributed by atoms with Gasteiger partial charge < -0.3 is 10.8 Å². The summed E-state index contributed by atoms with van der Waals surface area (Å²) in [7, 11) is 0. The van der Waals surface area contributed by atoms with Crippen molar-refractivity contribution in [1.82, 2.24) is 4.90 Å². The molecule has 178 valence electrons. The van der Waals surface area contributed by atoms with Crippen molar-refractivity contribution in [3.63, 3.8) is 0 Å². The van der Waals surface area contributed by atoms with Gasteiger partial charge >= 0.3 is 5.97 Å². The molecule has 1 aliphatic rings. The molecule has 35 heavy (non-hydrogen) atoms. The summed E-state index contributed by atoms with van der Waals surface area (Å²) in [5, 5.41) is 11.1. The number of nitrogens with two attached hydrogens (primary N) is 2. The summed E-state index contributed by atoms with van der Waals surface area (Å²) < 4.78 is 0. The van der Waals surface area contributed by atoms with Gasteiger partial charge in [-0.05, 0) is 35.2 Å². The predicted octanol–water partition coefficient (Wildman–Crippen LogP) is 2.45. The van der Waals surface area contributed by atoms with Crippen LogP contribution in [0.15, 0.2) is 78.9 Å². The van der Waals surface area contributed by atoms with Crippen molar-refractivity contribution in [3.8, 4) is 0 Å². The number of benzene rings is 3. The molecule has 0 saturated heterocycles. The van der Waals surface area contributed by atoms with Gasteiger partial charge in [0.2, 0.25) is 0 Å². The SMILES string of the molecule is NCc1cccc(C2(CC(=O)O)C(=O)N(CCc3ccccc3)C(=C=O)c3ccccc3N2N)c1. The van der Waals surface area contributed by atoms with E-state index in [0.717, 1.165) is 5.56 Å². The molecule has 0 aromatic heterocycles. The lowest BCUT2D eigenvalue weighted by Crippen LogP contribution is -2.60. The van der Waals surface area contributed by atoms with E-state index in [2.05, 4.69) is 0 Å². The van der Waals surface area contributed by atoms with Crippen LogP contribution >= 0.6 is 0 Å². The quantitative estimate of drug-likeness (QED) is 0.357. The van der Waals surface area contributed by atoms with Crippen molar-refractivity contribution in [2.45, 2.75) is 24.9 Å². The van der Waals surface area contributed by atoms with Gasteiger partial charge in [0.15, 0.2) is 11.5 Å². The van der Waals surface area contributed by atoms with Crippen molar-refractivity contribution < 1.29 is 19.5 Å². The van der Waals surface area contributed by atoms with Crippen molar-refractivity contribution in [1.29, 1.82) is 0 Å². The monoisotopic (exact) mass is 470 g/mol. The molecule has 1 aliphatic heterocycles. The lowest BCUT2D eigenvalue weighted by Gasteiger charge is -2.41. The Bertz CT molecular complexity index is 1300. The molecule has 0 radical (unpaired) electrons. The van der Waals surface area contributed by atoms with Crippen LogP contribution in [0.25, 0.3) is 5.70 Å². The average molecular weight is 471 g/mol. The van der Waals surface area contributed by atoms with Crippen LogP contribution in [0.5, 0.6) is 0 Å². The highest BCUT2D eigenvalue weighted by Gasteiger charge is 2.52. The standard InChI is InChI=1S/C27H26N4O4/c28-17-20-9-6-10-21(15-20)27(16-25(33)34)26(35)30(14-13-19-7-2-1-3-8-19)24(18-32)22-11-4-5-12-23(22)31(27)29/h1-12,15H,13-14,16-17,28-29H2,(H,33,34). The molecule has 0 fully saturated rings. The van der Waals surface area contributed by atoms with E-state index in [9.17, 15) is 19.5 Å². The molecule has 1 amide bonds. The number of carboxylic acid groups (broad SMARTS) is 1. The summed E-state index contributed by atoms with van der Waals surface area (Å²) in [4.78, 5) is 40.2. The van der Waals surface area contributed by atoms with Gasteiger partial charge in [-0.15, -0.1) is 0 Å². The van der Waals surface area contributed by atoms with Gasteiger partial charge in [0.25, 0.3) is 5.91 Å². The van der Waals surface area contributed by atoms with Crippen LogP contribution in [0.3, 0.4) is 0 Å². The minimum absolute atomic E-state index is 0.0132. The van der Waals surface area contributed by atoms with Crippen LogP contribution in [0.4, 0.5) is 5.69 Å². The first-order valence-corrected chi connectivity index (χ1v) is 11.2. The van der Waals surface area contributed by atoms with Gasteiger partial charge in [-0.2, -0.15) is 0 Å². The smallest absolute Gasteiger partial charge is 0.306 e. The molecule has 0 aliphatic carbocycles. The molecule has 1 heterocycles. The number of amides is 1. The van der Waals surface area contributed by atoms with E-state index in [1.165, 1.54) is 9.91 Å². The number of hydrogen-bond donors (Lipinski definition) is 3. The van der Waals surface area contributed by atoms with Gasteiger partial charge in [0.05, 0.1) is 12.1 Å².